The third kappa shape index (κ3) is 13.5. The first-order valence-electron chi connectivity index (χ1n) is 16.4. The molecule has 0 N–H and O–H groups in total. The molecule has 0 saturated carbocycles. The van der Waals surface area contributed by atoms with Crippen LogP contribution in [0.3, 0.4) is 0 Å². The zero-order valence-electron chi connectivity index (χ0n) is 24.8. The average molecular weight is 525 g/mol. The van der Waals surface area contributed by atoms with Gasteiger partial charge in [0.1, 0.15) is 0 Å². The fourth-order valence-corrected chi connectivity index (χ4v) is 11.3. The van der Waals surface area contributed by atoms with Crippen LogP contribution in [0.1, 0.15) is 142 Å². The van der Waals surface area contributed by atoms with Crippen molar-refractivity contribution in [2.24, 2.45) is 0 Å². The number of hydrogen-bond donors (Lipinski definition) is 0. The van der Waals surface area contributed by atoms with E-state index in [9.17, 15) is 0 Å². The summed E-state index contributed by atoms with van der Waals surface area (Å²) in [6.45, 7) is 4.62. The normalized spacial score (nSPS) is 12.2. The summed E-state index contributed by atoms with van der Waals surface area (Å²) in [5, 5.41) is 3.35. The van der Waals surface area contributed by atoms with Gasteiger partial charge in [-0.15, -0.1) is 0 Å². The number of unbranched alkanes of at least 4 members (excludes halogenated alkanes) is 18. The van der Waals surface area contributed by atoms with Gasteiger partial charge in [-0.3, -0.25) is 0 Å². The summed E-state index contributed by atoms with van der Waals surface area (Å²) >= 11 is 0. The van der Waals surface area contributed by atoms with E-state index in [2.05, 4.69) is 74.5 Å². The maximum atomic E-state index is 2.46. The molecule has 0 nitrogen and oxygen atoms in total. The first kappa shape index (κ1) is 32.1. The van der Waals surface area contributed by atoms with Crippen LogP contribution >= 0.6 is 7.26 Å². The van der Waals surface area contributed by atoms with Crippen LogP contribution in [0.2, 0.25) is 0 Å². The van der Waals surface area contributed by atoms with Crippen LogP contribution in [0.25, 0.3) is 0 Å². The van der Waals surface area contributed by atoms with Crippen LogP contribution in [0.5, 0.6) is 0 Å². The molecule has 1 heteroatoms. The fraction of sp³-hybridized carbons (Fsp3) is 0.667. The molecule has 0 atom stereocenters. The summed E-state index contributed by atoms with van der Waals surface area (Å²) in [6, 6.07) is 23.4. The van der Waals surface area contributed by atoms with Gasteiger partial charge in [0.15, 0.2) is 0 Å². The second kappa shape index (κ2) is 21.8. The van der Waals surface area contributed by atoms with Crippen LogP contribution in [-0.2, 0) is 0 Å². The van der Waals surface area contributed by atoms with E-state index in [1.54, 1.807) is 10.6 Å². The molecule has 37 heavy (non-hydrogen) atoms. The minimum atomic E-state index is -1.73. The first-order chi connectivity index (χ1) is 18.3. The SMILES string of the molecule is CCCCCCCCCCCC[PH](CCCCCCCCCCCC)(c1ccccc1)c1ccccc1. The Morgan fingerprint density at radius 2 is 0.622 bits per heavy atom. The van der Waals surface area contributed by atoms with Crippen LogP contribution in [0.4, 0.5) is 0 Å². The zero-order chi connectivity index (χ0) is 26.3. The summed E-state index contributed by atoms with van der Waals surface area (Å²) in [7, 11) is -1.73. The minimum absolute atomic E-state index is 1.35. The summed E-state index contributed by atoms with van der Waals surface area (Å²) in [6.07, 6.45) is 31.4. The third-order valence-corrected chi connectivity index (χ3v) is 13.9. The number of hydrogen-bond acceptors (Lipinski definition) is 0. The Hall–Kier alpha value is -1.13. The molecule has 0 bridgehead atoms. The molecule has 2 aromatic carbocycles. The van der Waals surface area contributed by atoms with Gasteiger partial charge in [0.2, 0.25) is 0 Å². The van der Waals surface area contributed by atoms with Gasteiger partial charge in [0.25, 0.3) is 0 Å². The molecule has 2 rings (SSSR count). The predicted octanol–water partition coefficient (Wildman–Crippen LogP) is 11.2. The van der Waals surface area contributed by atoms with Gasteiger partial charge in [-0.05, 0) is 0 Å². The molecule has 0 unspecified atom stereocenters. The molecule has 0 heterocycles. The van der Waals surface area contributed by atoms with E-state index in [4.69, 9.17) is 0 Å². The molecule has 0 aliphatic heterocycles. The first-order valence-corrected chi connectivity index (χ1v) is 18.9. The van der Waals surface area contributed by atoms with E-state index >= 15 is 0 Å². The molecular weight excluding hydrogens is 463 g/mol. The van der Waals surface area contributed by atoms with Crippen LogP contribution in [-0.4, -0.2) is 12.3 Å². The standard InChI is InChI=1S/C36H61P/c1-3-5-7-9-11-13-15-17-19-27-33-37(35-29-23-21-24-30-35,36-31-25-22-26-32-36)34-28-20-18-16-14-12-10-8-6-4-2/h21-26,29-32,37H,3-20,27-28,33-34H2,1-2H3. The summed E-state index contributed by atoms with van der Waals surface area (Å²) < 4.78 is 0. The van der Waals surface area contributed by atoms with E-state index in [1.807, 2.05) is 0 Å². The summed E-state index contributed by atoms with van der Waals surface area (Å²) in [5.41, 5.74) is 0. The van der Waals surface area contributed by atoms with Crippen LogP contribution < -0.4 is 10.6 Å². The van der Waals surface area contributed by atoms with Gasteiger partial charge in [0.05, 0.1) is 0 Å². The number of benzene rings is 2. The maximum absolute atomic E-state index is 2.46. The van der Waals surface area contributed by atoms with Crippen molar-refractivity contribution in [3.8, 4) is 0 Å². The molecule has 0 aliphatic rings. The second-order valence-corrected chi connectivity index (χ2v) is 16.0. The molecular formula is C36H61P. The van der Waals surface area contributed by atoms with E-state index in [0.29, 0.717) is 0 Å². The molecule has 0 fully saturated rings. The molecule has 0 amide bonds. The van der Waals surface area contributed by atoms with E-state index < -0.39 is 7.26 Å². The third-order valence-electron chi connectivity index (χ3n) is 8.57. The van der Waals surface area contributed by atoms with E-state index in [1.165, 1.54) is 141 Å². The average Bonchev–Trinajstić information content (AvgIpc) is 2.95. The van der Waals surface area contributed by atoms with Crippen molar-refractivity contribution < 1.29 is 0 Å². The summed E-state index contributed by atoms with van der Waals surface area (Å²) in [4.78, 5) is 0. The zero-order valence-corrected chi connectivity index (χ0v) is 25.8. The van der Waals surface area contributed by atoms with Gasteiger partial charge in [-0.1, -0.05) is 0 Å². The molecule has 2 aromatic rings. The molecule has 0 aromatic heterocycles. The van der Waals surface area contributed by atoms with Crippen molar-refractivity contribution in [1.29, 1.82) is 0 Å². The Morgan fingerprint density at radius 1 is 0.351 bits per heavy atom. The van der Waals surface area contributed by atoms with Crippen molar-refractivity contribution in [1.82, 2.24) is 0 Å². The van der Waals surface area contributed by atoms with Crippen LogP contribution in [0.15, 0.2) is 60.7 Å². The summed E-state index contributed by atoms with van der Waals surface area (Å²) in [5.74, 6) is 0. The Balaban J connectivity index is 1.88. The van der Waals surface area contributed by atoms with Gasteiger partial charge in [-0.2, -0.15) is 0 Å². The fourth-order valence-electron chi connectivity index (χ4n) is 6.21. The Morgan fingerprint density at radius 3 is 0.919 bits per heavy atom. The second-order valence-electron chi connectivity index (χ2n) is 11.7. The van der Waals surface area contributed by atoms with Gasteiger partial charge in [-0.25, -0.2) is 0 Å². The topological polar surface area (TPSA) is 0 Å². The van der Waals surface area contributed by atoms with Crippen molar-refractivity contribution >= 4 is 17.9 Å². The van der Waals surface area contributed by atoms with Gasteiger partial charge < -0.3 is 0 Å². The molecule has 0 aliphatic carbocycles. The Labute approximate surface area is 232 Å². The Bertz CT molecular complexity index is 672. The molecule has 210 valence electrons. The predicted molar refractivity (Wildman–Crippen MR) is 174 cm³/mol. The van der Waals surface area contributed by atoms with Crippen molar-refractivity contribution in [3.63, 3.8) is 0 Å². The quantitative estimate of drug-likeness (QED) is 0.0946. The van der Waals surface area contributed by atoms with Crippen molar-refractivity contribution in [2.75, 3.05) is 12.3 Å². The monoisotopic (exact) mass is 524 g/mol. The van der Waals surface area contributed by atoms with Gasteiger partial charge in [0, 0.05) is 0 Å². The van der Waals surface area contributed by atoms with E-state index in [-0.39, 0.29) is 0 Å². The van der Waals surface area contributed by atoms with Crippen molar-refractivity contribution in [2.45, 2.75) is 142 Å². The molecule has 0 radical (unpaired) electrons. The van der Waals surface area contributed by atoms with Crippen molar-refractivity contribution in [3.05, 3.63) is 60.7 Å². The molecule has 0 spiro atoms. The van der Waals surface area contributed by atoms with Crippen LogP contribution in [0, 0.1) is 0 Å². The van der Waals surface area contributed by atoms with Gasteiger partial charge >= 0.3 is 233 Å². The number of rotatable bonds is 24. The van der Waals surface area contributed by atoms with E-state index in [0.717, 1.165) is 0 Å². The Kier molecular flexibility index (Phi) is 18.9. The molecule has 0 saturated heterocycles.